The third kappa shape index (κ3) is 5.04. The SMILES string of the molecule is CCC(CC)(CC)C(=O)/C=C(\O)C(C)(CC)CC(F)(F)F. The summed E-state index contributed by atoms with van der Waals surface area (Å²) >= 11 is 0. The van der Waals surface area contributed by atoms with Crippen molar-refractivity contribution in [1.82, 2.24) is 0 Å². The number of alkyl halides is 3. The van der Waals surface area contributed by atoms with Crippen LogP contribution in [-0.4, -0.2) is 17.1 Å². The van der Waals surface area contributed by atoms with Gasteiger partial charge in [0.25, 0.3) is 0 Å². The molecule has 2 nitrogen and oxygen atoms in total. The van der Waals surface area contributed by atoms with Crippen LogP contribution in [0.5, 0.6) is 0 Å². The molecule has 0 aromatic heterocycles. The molecule has 0 aromatic rings. The molecule has 0 aliphatic rings. The fourth-order valence-corrected chi connectivity index (χ4v) is 2.56. The lowest BCUT2D eigenvalue weighted by Gasteiger charge is -2.31. The number of allylic oxidation sites excluding steroid dienone is 2. The molecule has 124 valence electrons. The zero-order valence-corrected chi connectivity index (χ0v) is 13.6. The van der Waals surface area contributed by atoms with Gasteiger partial charge < -0.3 is 5.11 Å². The van der Waals surface area contributed by atoms with Gasteiger partial charge in [-0.1, -0.05) is 34.6 Å². The first kappa shape index (κ1) is 20.0. The number of carbonyl (C=O) groups excluding carboxylic acids is 1. The number of aliphatic hydroxyl groups excluding tert-OH is 1. The van der Waals surface area contributed by atoms with Crippen LogP contribution in [0.15, 0.2) is 11.8 Å². The van der Waals surface area contributed by atoms with Crippen LogP contribution in [0.4, 0.5) is 13.2 Å². The summed E-state index contributed by atoms with van der Waals surface area (Å²) in [5.41, 5.74) is -2.05. The molecule has 0 fully saturated rings. The third-order valence-electron chi connectivity index (χ3n) is 4.81. The number of halogens is 3. The summed E-state index contributed by atoms with van der Waals surface area (Å²) in [6.07, 6.45) is -2.58. The molecule has 0 amide bonds. The molecule has 21 heavy (non-hydrogen) atoms. The molecule has 0 radical (unpaired) electrons. The van der Waals surface area contributed by atoms with Crippen molar-refractivity contribution in [2.75, 3.05) is 0 Å². The predicted octanol–water partition coefficient (Wildman–Crippen LogP) is 5.58. The van der Waals surface area contributed by atoms with Gasteiger partial charge in [-0.15, -0.1) is 0 Å². The Morgan fingerprint density at radius 1 is 1.00 bits per heavy atom. The standard InChI is InChI=1S/C16H27F3O2/c1-6-14(5,11-16(17,18)19)12(20)10-13(21)15(7-2,8-3)9-4/h10,20H,6-9,11H2,1-5H3/b12-10-. The molecule has 1 N–H and O–H groups in total. The summed E-state index contributed by atoms with van der Waals surface area (Å²) in [6.45, 7) is 8.55. The van der Waals surface area contributed by atoms with Crippen LogP contribution < -0.4 is 0 Å². The zero-order valence-electron chi connectivity index (χ0n) is 13.6. The molecule has 0 bridgehead atoms. The lowest BCUT2D eigenvalue weighted by molar-refractivity contribution is -0.156. The largest absolute Gasteiger partial charge is 0.512 e. The van der Waals surface area contributed by atoms with Crippen molar-refractivity contribution in [3.63, 3.8) is 0 Å². The van der Waals surface area contributed by atoms with E-state index >= 15 is 0 Å². The number of carbonyl (C=O) groups is 1. The summed E-state index contributed by atoms with van der Waals surface area (Å²) in [4.78, 5) is 12.4. The molecule has 0 rings (SSSR count). The van der Waals surface area contributed by atoms with Crippen molar-refractivity contribution in [1.29, 1.82) is 0 Å². The van der Waals surface area contributed by atoms with Crippen LogP contribution in [0.1, 0.15) is 66.7 Å². The zero-order chi connectivity index (χ0) is 16.9. The summed E-state index contributed by atoms with van der Waals surface area (Å²) in [6, 6.07) is 0. The Bertz CT molecular complexity index is 373. The highest BCUT2D eigenvalue weighted by Gasteiger charge is 2.42. The van der Waals surface area contributed by atoms with Gasteiger partial charge >= 0.3 is 6.18 Å². The van der Waals surface area contributed by atoms with Gasteiger partial charge in [-0.25, -0.2) is 0 Å². The Morgan fingerprint density at radius 2 is 1.43 bits per heavy atom. The van der Waals surface area contributed by atoms with Gasteiger partial charge in [0.05, 0.1) is 6.42 Å². The molecule has 0 saturated carbocycles. The normalized spacial score (nSPS) is 16.7. The van der Waals surface area contributed by atoms with E-state index in [1.165, 1.54) is 6.92 Å². The molecule has 0 spiro atoms. The quantitative estimate of drug-likeness (QED) is 0.469. The highest BCUT2D eigenvalue weighted by Crippen LogP contribution is 2.41. The van der Waals surface area contributed by atoms with Gasteiger partial charge in [0.1, 0.15) is 5.76 Å². The molecular weight excluding hydrogens is 281 g/mol. The van der Waals surface area contributed by atoms with Crippen molar-refractivity contribution >= 4 is 5.78 Å². The first-order valence-corrected chi connectivity index (χ1v) is 7.52. The highest BCUT2D eigenvalue weighted by atomic mass is 19.4. The van der Waals surface area contributed by atoms with Crippen molar-refractivity contribution in [3.05, 3.63) is 11.8 Å². The molecule has 0 saturated heterocycles. The lowest BCUT2D eigenvalue weighted by atomic mass is 9.74. The van der Waals surface area contributed by atoms with Crippen LogP contribution in [0, 0.1) is 10.8 Å². The van der Waals surface area contributed by atoms with Gasteiger partial charge in [0.2, 0.25) is 0 Å². The molecular formula is C16H27F3O2. The minimum Gasteiger partial charge on any atom is -0.512 e. The van der Waals surface area contributed by atoms with E-state index in [1.807, 2.05) is 20.8 Å². The summed E-state index contributed by atoms with van der Waals surface area (Å²) in [7, 11) is 0. The first-order valence-electron chi connectivity index (χ1n) is 7.52. The van der Waals surface area contributed by atoms with E-state index in [-0.39, 0.29) is 12.2 Å². The Balaban J connectivity index is 5.46. The average Bonchev–Trinajstić information content (AvgIpc) is 2.39. The lowest BCUT2D eigenvalue weighted by Crippen LogP contribution is -2.31. The topological polar surface area (TPSA) is 37.3 Å². The average molecular weight is 308 g/mol. The van der Waals surface area contributed by atoms with Gasteiger partial charge in [-0.3, -0.25) is 4.79 Å². The Morgan fingerprint density at radius 3 is 1.71 bits per heavy atom. The minimum absolute atomic E-state index is 0.111. The molecule has 1 unspecified atom stereocenters. The monoisotopic (exact) mass is 308 g/mol. The number of ketones is 1. The fourth-order valence-electron chi connectivity index (χ4n) is 2.56. The van der Waals surface area contributed by atoms with Crippen LogP contribution >= 0.6 is 0 Å². The van der Waals surface area contributed by atoms with Gasteiger partial charge in [0.15, 0.2) is 5.78 Å². The second-order valence-electron chi connectivity index (χ2n) is 5.94. The first-order chi connectivity index (χ1) is 9.50. The second-order valence-corrected chi connectivity index (χ2v) is 5.94. The number of rotatable bonds is 8. The van der Waals surface area contributed by atoms with E-state index in [1.54, 1.807) is 6.92 Å². The maximum Gasteiger partial charge on any atom is 0.390 e. The minimum atomic E-state index is -4.38. The summed E-state index contributed by atoms with van der Waals surface area (Å²) in [5, 5.41) is 10.1. The Hall–Kier alpha value is -1.00. The summed E-state index contributed by atoms with van der Waals surface area (Å²) in [5.74, 6) is -0.749. The summed E-state index contributed by atoms with van der Waals surface area (Å²) < 4.78 is 37.9. The molecule has 0 aromatic carbocycles. The van der Waals surface area contributed by atoms with Gasteiger partial charge in [0, 0.05) is 16.9 Å². The van der Waals surface area contributed by atoms with Crippen molar-refractivity contribution in [2.45, 2.75) is 72.9 Å². The maximum atomic E-state index is 12.6. The fraction of sp³-hybridized carbons (Fsp3) is 0.812. The number of hydrogen-bond acceptors (Lipinski definition) is 2. The molecule has 1 atom stereocenters. The number of hydrogen-bond donors (Lipinski definition) is 1. The molecule has 5 heteroatoms. The van der Waals surface area contributed by atoms with Crippen LogP contribution in [0.25, 0.3) is 0 Å². The van der Waals surface area contributed by atoms with Crippen molar-refractivity contribution < 1.29 is 23.1 Å². The van der Waals surface area contributed by atoms with Crippen molar-refractivity contribution in [3.8, 4) is 0 Å². The van der Waals surface area contributed by atoms with E-state index < -0.39 is 29.2 Å². The third-order valence-corrected chi connectivity index (χ3v) is 4.81. The second kappa shape index (κ2) is 7.32. The van der Waals surface area contributed by atoms with Crippen LogP contribution in [0.3, 0.4) is 0 Å². The Labute approximate surface area is 125 Å². The predicted molar refractivity (Wildman–Crippen MR) is 78.1 cm³/mol. The Kier molecular flexibility index (Phi) is 6.97. The molecule has 0 heterocycles. The van der Waals surface area contributed by atoms with E-state index in [0.717, 1.165) is 6.08 Å². The van der Waals surface area contributed by atoms with E-state index in [4.69, 9.17) is 0 Å². The van der Waals surface area contributed by atoms with E-state index in [0.29, 0.717) is 19.3 Å². The van der Waals surface area contributed by atoms with E-state index in [9.17, 15) is 23.1 Å². The van der Waals surface area contributed by atoms with Crippen LogP contribution in [-0.2, 0) is 4.79 Å². The van der Waals surface area contributed by atoms with Crippen LogP contribution in [0.2, 0.25) is 0 Å². The smallest absolute Gasteiger partial charge is 0.390 e. The van der Waals surface area contributed by atoms with Gasteiger partial charge in [-0.05, 0) is 25.7 Å². The van der Waals surface area contributed by atoms with Crippen molar-refractivity contribution in [2.24, 2.45) is 10.8 Å². The van der Waals surface area contributed by atoms with Gasteiger partial charge in [-0.2, -0.15) is 13.2 Å². The molecule has 0 aliphatic heterocycles. The van der Waals surface area contributed by atoms with E-state index in [2.05, 4.69) is 0 Å². The molecule has 0 aliphatic carbocycles. The number of aliphatic hydroxyl groups is 1. The maximum absolute atomic E-state index is 12.6. The highest BCUT2D eigenvalue weighted by molar-refractivity contribution is 5.95.